The van der Waals surface area contributed by atoms with Gasteiger partial charge < -0.3 is 15.8 Å². The van der Waals surface area contributed by atoms with Gasteiger partial charge in [0.15, 0.2) is 0 Å². The van der Waals surface area contributed by atoms with E-state index in [0.29, 0.717) is 25.4 Å². The van der Waals surface area contributed by atoms with Crippen molar-refractivity contribution in [2.24, 2.45) is 0 Å². The van der Waals surface area contributed by atoms with Crippen molar-refractivity contribution in [3.8, 4) is 11.1 Å². The Balaban J connectivity index is 1.28. The first-order valence-electron chi connectivity index (χ1n) is 9.69. The molecule has 1 aliphatic carbocycles. The van der Waals surface area contributed by atoms with Crippen molar-refractivity contribution < 1.29 is 9.53 Å². The minimum absolute atomic E-state index is 0.0743. The minimum Gasteiger partial charge on any atom is -0.449 e. The Morgan fingerprint density at radius 3 is 2.45 bits per heavy atom. The Morgan fingerprint density at radius 1 is 1.07 bits per heavy atom. The van der Waals surface area contributed by atoms with Gasteiger partial charge in [0.25, 0.3) is 0 Å². The molecular weight excluding hydrogens is 362 g/mol. The lowest BCUT2D eigenvalue weighted by atomic mass is 9.98. The average molecular weight is 385 g/mol. The topological polar surface area (TPSA) is 77.2 Å². The quantitative estimate of drug-likeness (QED) is 0.608. The molecule has 5 nitrogen and oxygen atoms in total. The van der Waals surface area contributed by atoms with Gasteiger partial charge in [-0.1, -0.05) is 60.7 Å². The number of nitrogens with one attached hydrogen (secondary N) is 1. The molecule has 0 bridgehead atoms. The fourth-order valence-electron chi connectivity index (χ4n) is 3.70. The number of nitrogen functional groups attached to an aromatic ring is 1. The van der Waals surface area contributed by atoms with Crippen LogP contribution in [-0.4, -0.2) is 24.2 Å². The number of aromatic nitrogens is 1. The Hall–Kier alpha value is -3.60. The molecule has 2 aromatic carbocycles. The number of hydrogen-bond donors (Lipinski definition) is 2. The Morgan fingerprint density at radius 2 is 1.76 bits per heavy atom. The van der Waals surface area contributed by atoms with E-state index in [2.05, 4.69) is 34.6 Å². The van der Waals surface area contributed by atoms with E-state index in [0.717, 1.165) is 5.56 Å². The van der Waals surface area contributed by atoms with Crippen molar-refractivity contribution in [2.45, 2.75) is 12.3 Å². The molecule has 1 aliphatic rings. The number of benzene rings is 2. The second-order valence-electron chi connectivity index (χ2n) is 6.96. The number of hydrogen-bond acceptors (Lipinski definition) is 4. The van der Waals surface area contributed by atoms with Crippen molar-refractivity contribution in [1.29, 1.82) is 0 Å². The SMILES string of the molecule is Nc1cc(C=CCCNC(=O)OCC2c3ccccc3-c3ccccc32)ccn1. The molecule has 4 rings (SSSR count). The molecule has 3 aromatic rings. The molecule has 0 spiro atoms. The Labute approximate surface area is 170 Å². The smallest absolute Gasteiger partial charge is 0.407 e. The third-order valence-corrected chi connectivity index (χ3v) is 5.04. The van der Waals surface area contributed by atoms with Gasteiger partial charge in [-0.05, 0) is 46.4 Å². The normalized spacial score (nSPS) is 12.6. The number of ether oxygens (including phenoxy) is 1. The first-order chi connectivity index (χ1) is 14.2. The maximum absolute atomic E-state index is 12.1. The van der Waals surface area contributed by atoms with Crippen LogP contribution in [0.5, 0.6) is 0 Å². The molecule has 5 heteroatoms. The highest BCUT2D eigenvalue weighted by molar-refractivity contribution is 5.79. The zero-order valence-electron chi connectivity index (χ0n) is 16.0. The first kappa shape index (κ1) is 18.7. The van der Waals surface area contributed by atoms with E-state index in [1.165, 1.54) is 22.3 Å². The van der Waals surface area contributed by atoms with Crippen molar-refractivity contribution >= 4 is 18.0 Å². The number of carbonyl (C=O) groups excluding carboxylic acids is 1. The zero-order chi connectivity index (χ0) is 20.1. The van der Waals surface area contributed by atoms with E-state index < -0.39 is 6.09 Å². The zero-order valence-corrected chi connectivity index (χ0v) is 16.0. The summed E-state index contributed by atoms with van der Waals surface area (Å²) in [6.07, 6.45) is 5.92. The van der Waals surface area contributed by atoms with Crippen LogP contribution < -0.4 is 11.1 Å². The first-order valence-corrected chi connectivity index (χ1v) is 9.69. The lowest BCUT2D eigenvalue weighted by Gasteiger charge is -2.14. The summed E-state index contributed by atoms with van der Waals surface area (Å²) in [5.41, 5.74) is 11.5. The predicted octanol–water partition coefficient (Wildman–Crippen LogP) is 4.61. The van der Waals surface area contributed by atoms with Gasteiger partial charge in [0, 0.05) is 18.7 Å². The summed E-state index contributed by atoms with van der Waals surface area (Å²) >= 11 is 0. The monoisotopic (exact) mass is 385 g/mol. The molecule has 0 fully saturated rings. The van der Waals surface area contributed by atoms with E-state index >= 15 is 0 Å². The van der Waals surface area contributed by atoms with Crippen LogP contribution in [-0.2, 0) is 4.74 Å². The Kier molecular flexibility index (Phi) is 5.56. The molecule has 0 atom stereocenters. The molecule has 146 valence electrons. The number of amides is 1. The third-order valence-electron chi connectivity index (χ3n) is 5.04. The summed E-state index contributed by atoms with van der Waals surface area (Å²) in [7, 11) is 0. The van der Waals surface area contributed by atoms with Crippen molar-refractivity contribution in [3.05, 3.63) is 89.6 Å². The van der Waals surface area contributed by atoms with E-state index in [1.807, 2.05) is 42.5 Å². The number of carbonyl (C=O) groups is 1. The molecule has 0 unspecified atom stereocenters. The van der Waals surface area contributed by atoms with Crippen molar-refractivity contribution in [2.75, 3.05) is 18.9 Å². The third kappa shape index (κ3) is 4.29. The molecule has 1 amide bonds. The number of alkyl carbamates (subject to hydrolysis) is 1. The lowest BCUT2D eigenvalue weighted by molar-refractivity contribution is 0.143. The van der Waals surface area contributed by atoms with Crippen molar-refractivity contribution in [1.82, 2.24) is 10.3 Å². The van der Waals surface area contributed by atoms with Crippen LogP contribution >= 0.6 is 0 Å². The molecular formula is C24H23N3O2. The molecule has 0 aliphatic heterocycles. The van der Waals surface area contributed by atoms with Crippen LogP contribution in [0.15, 0.2) is 72.9 Å². The average Bonchev–Trinajstić information content (AvgIpc) is 3.06. The van der Waals surface area contributed by atoms with E-state index in [1.54, 1.807) is 12.3 Å². The van der Waals surface area contributed by atoms with Crippen LogP contribution in [0.1, 0.15) is 29.0 Å². The summed E-state index contributed by atoms with van der Waals surface area (Å²) in [4.78, 5) is 16.1. The number of anilines is 1. The molecule has 1 heterocycles. The van der Waals surface area contributed by atoms with Gasteiger partial charge in [0.2, 0.25) is 0 Å². The van der Waals surface area contributed by atoms with E-state index in [-0.39, 0.29) is 5.92 Å². The number of pyridine rings is 1. The van der Waals surface area contributed by atoms with Gasteiger partial charge in [-0.2, -0.15) is 0 Å². The molecule has 0 saturated carbocycles. The van der Waals surface area contributed by atoms with Crippen LogP contribution in [0.25, 0.3) is 17.2 Å². The van der Waals surface area contributed by atoms with Gasteiger partial charge >= 0.3 is 6.09 Å². The molecule has 0 radical (unpaired) electrons. The fraction of sp³-hybridized carbons (Fsp3) is 0.167. The van der Waals surface area contributed by atoms with Crippen LogP contribution in [0, 0.1) is 0 Å². The fourth-order valence-corrected chi connectivity index (χ4v) is 3.70. The van der Waals surface area contributed by atoms with Crippen LogP contribution in [0.4, 0.5) is 10.6 Å². The summed E-state index contributed by atoms with van der Waals surface area (Å²) in [6.45, 7) is 0.833. The largest absolute Gasteiger partial charge is 0.449 e. The molecule has 1 aromatic heterocycles. The lowest BCUT2D eigenvalue weighted by Crippen LogP contribution is -2.26. The number of nitrogens with zero attached hydrogens (tertiary/aromatic N) is 1. The molecule has 29 heavy (non-hydrogen) atoms. The summed E-state index contributed by atoms with van der Waals surface area (Å²) in [5, 5.41) is 2.80. The highest BCUT2D eigenvalue weighted by Crippen LogP contribution is 2.44. The summed E-state index contributed by atoms with van der Waals surface area (Å²) < 4.78 is 5.52. The van der Waals surface area contributed by atoms with E-state index in [4.69, 9.17) is 10.5 Å². The summed E-state index contributed by atoms with van der Waals surface area (Å²) in [5.74, 6) is 0.564. The maximum atomic E-state index is 12.1. The van der Waals surface area contributed by atoms with Crippen molar-refractivity contribution in [3.63, 3.8) is 0 Å². The highest BCUT2D eigenvalue weighted by Gasteiger charge is 2.28. The number of rotatable bonds is 6. The highest BCUT2D eigenvalue weighted by atomic mass is 16.5. The molecule has 3 N–H and O–H groups in total. The van der Waals surface area contributed by atoms with Gasteiger partial charge in [-0.3, -0.25) is 0 Å². The molecule has 0 saturated heterocycles. The van der Waals surface area contributed by atoms with Crippen LogP contribution in [0.3, 0.4) is 0 Å². The Bertz CT molecular complexity index is 1000. The maximum Gasteiger partial charge on any atom is 0.407 e. The second kappa shape index (κ2) is 8.61. The van der Waals surface area contributed by atoms with Gasteiger partial charge in [-0.25, -0.2) is 9.78 Å². The predicted molar refractivity (Wildman–Crippen MR) is 115 cm³/mol. The minimum atomic E-state index is -0.395. The van der Waals surface area contributed by atoms with Gasteiger partial charge in [0.1, 0.15) is 12.4 Å². The van der Waals surface area contributed by atoms with Gasteiger partial charge in [0.05, 0.1) is 0 Å². The van der Waals surface area contributed by atoms with E-state index in [9.17, 15) is 4.79 Å². The summed E-state index contributed by atoms with van der Waals surface area (Å²) in [6, 6.07) is 20.3. The number of nitrogens with two attached hydrogens (primary N) is 1. The van der Waals surface area contributed by atoms with Gasteiger partial charge in [-0.15, -0.1) is 0 Å². The van der Waals surface area contributed by atoms with Crippen LogP contribution in [0.2, 0.25) is 0 Å². The second-order valence-corrected chi connectivity index (χ2v) is 6.96. The standard InChI is InChI=1S/C24H23N3O2/c25-23-15-17(12-14-26-23)7-5-6-13-27-24(28)29-16-22-20-10-3-1-8-18(20)19-9-2-4-11-21(19)22/h1-5,7-12,14-15,22H,6,13,16H2,(H2,25,26)(H,27,28). The number of fused-ring (bicyclic) bond motifs is 3.